The van der Waals surface area contributed by atoms with Crippen LogP contribution in [0.25, 0.3) is 0 Å². The van der Waals surface area contributed by atoms with E-state index in [9.17, 15) is 5.11 Å². The highest BCUT2D eigenvalue weighted by molar-refractivity contribution is 5.42. The third kappa shape index (κ3) is 3.45. The standard InChI is InChI=1S/C17H26O3/c1-11-5-6-15(9-12(11)2)20-17-10-14(19-4)7-8-16(17)13(3)18/h7-8,10-13,15,18H,5-6,9H2,1-4H3. The molecule has 0 bridgehead atoms. The van der Waals surface area contributed by atoms with Crippen LogP contribution < -0.4 is 9.47 Å². The van der Waals surface area contributed by atoms with Gasteiger partial charge < -0.3 is 14.6 Å². The molecule has 1 aromatic rings. The molecule has 0 amide bonds. The molecule has 3 heteroatoms. The highest BCUT2D eigenvalue weighted by Crippen LogP contribution is 2.35. The van der Waals surface area contributed by atoms with E-state index in [0.717, 1.165) is 35.8 Å². The monoisotopic (exact) mass is 278 g/mol. The molecule has 1 aromatic carbocycles. The Hall–Kier alpha value is -1.22. The Kier molecular flexibility index (Phi) is 4.92. The molecule has 0 aromatic heterocycles. The lowest BCUT2D eigenvalue weighted by Crippen LogP contribution is -2.29. The Morgan fingerprint density at radius 2 is 1.95 bits per heavy atom. The van der Waals surface area contributed by atoms with Crippen molar-refractivity contribution in [2.45, 2.75) is 52.2 Å². The summed E-state index contributed by atoms with van der Waals surface area (Å²) in [5.74, 6) is 2.98. The van der Waals surface area contributed by atoms with Gasteiger partial charge in [-0.1, -0.05) is 13.8 Å². The van der Waals surface area contributed by atoms with E-state index in [-0.39, 0.29) is 6.10 Å². The van der Waals surface area contributed by atoms with Crippen LogP contribution in [0.1, 0.15) is 51.7 Å². The van der Waals surface area contributed by atoms with Crippen molar-refractivity contribution < 1.29 is 14.6 Å². The van der Waals surface area contributed by atoms with Crippen LogP contribution in [-0.2, 0) is 0 Å². The molecule has 1 aliphatic rings. The number of aliphatic hydroxyl groups excluding tert-OH is 1. The zero-order valence-corrected chi connectivity index (χ0v) is 12.9. The molecule has 0 saturated heterocycles. The molecule has 2 rings (SSSR count). The second-order valence-electron chi connectivity index (χ2n) is 6.09. The molecule has 3 nitrogen and oxygen atoms in total. The fraction of sp³-hybridized carbons (Fsp3) is 0.647. The second-order valence-corrected chi connectivity index (χ2v) is 6.09. The molecule has 0 spiro atoms. The third-order valence-electron chi connectivity index (χ3n) is 4.51. The molecule has 1 fully saturated rings. The minimum atomic E-state index is -0.532. The second kappa shape index (κ2) is 6.49. The van der Waals surface area contributed by atoms with E-state index in [0.29, 0.717) is 5.92 Å². The van der Waals surface area contributed by atoms with E-state index in [1.165, 1.54) is 6.42 Å². The minimum absolute atomic E-state index is 0.241. The maximum atomic E-state index is 9.87. The summed E-state index contributed by atoms with van der Waals surface area (Å²) >= 11 is 0. The quantitative estimate of drug-likeness (QED) is 0.906. The van der Waals surface area contributed by atoms with Crippen LogP contribution in [0.15, 0.2) is 18.2 Å². The van der Waals surface area contributed by atoms with Gasteiger partial charge in [-0.3, -0.25) is 0 Å². The van der Waals surface area contributed by atoms with Crippen molar-refractivity contribution in [1.82, 2.24) is 0 Å². The zero-order valence-electron chi connectivity index (χ0n) is 12.9. The summed E-state index contributed by atoms with van der Waals surface area (Å²) in [6.07, 6.45) is 3.08. The van der Waals surface area contributed by atoms with Crippen LogP contribution in [0.2, 0.25) is 0 Å². The van der Waals surface area contributed by atoms with Gasteiger partial charge >= 0.3 is 0 Å². The molecule has 1 saturated carbocycles. The van der Waals surface area contributed by atoms with Gasteiger partial charge in [-0.15, -0.1) is 0 Å². The highest BCUT2D eigenvalue weighted by Gasteiger charge is 2.26. The molecule has 1 aliphatic carbocycles. The smallest absolute Gasteiger partial charge is 0.129 e. The number of hydrogen-bond donors (Lipinski definition) is 1. The van der Waals surface area contributed by atoms with Gasteiger partial charge in [0.2, 0.25) is 0 Å². The Bertz CT molecular complexity index is 442. The lowest BCUT2D eigenvalue weighted by Gasteiger charge is -2.33. The van der Waals surface area contributed by atoms with E-state index in [4.69, 9.17) is 9.47 Å². The highest BCUT2D eigenvalue weighted by atomic mass is 16.5. The third-order valence-corrected chi connectivity index (χ3v) is 4.51. The average molecular weight is 278 g/mol. The van der Waals surface area contributed by atoms with Gasteiger partial charge in [-0.25, -0.2) is 0 Å². The lowest BCUT2D eigenvalue weighted by molar-refractivity contribution is 0.0955. The van der Waals surface area contributed by atoms with Gasteiger partial charge in [0.05, 0.1) is 19.3 Å². The Morgan fingerprint density at radius 1 is 1.20 bits per heavy atom. The Labute approximate surface area is 121 Å². The van der Waals surface area contributed by atoms with Gasteiger partial charge in [0.25, 0.3) is 0 Å². The first-order chi connectivity index (χ1) is 9.51. The van der Waals surface area contributed by atoms with Crippen molar-refractivity contribution in [3.05, 3.63) is 23.8 Å². The van der Waals surface area contributed by atoms with Crippen LogP contribution in [0, 0.1) is 11.8 Å². The van der Waals surface area contributed by atoms with Gasteiger partial charge in [0.1, 0.15) is 11.5 Å². The number of rotatable bonds is 4. The van der Waals surface area contributed by atoms with Gasteiger partial charge in [0.15, 0.2) is 0 Å². The van der Waals surface area contributed by atoms with Crippen molar-refractivity contribution >= 4 is 0 Å². The van der Waals surface area contributed by atoms with Crippen molar-refractivity contribution in [3.63, 3.8) is 0 Å². The summed E-state index contributed by atoms with van der Waals surface area (Å²) in [6.45, 7) is 6.37. The molecule has 20 heavy (non-hydrogen) atoms. The molecular formula is C17H26O3. The molecule has 1 N–H and O–H groups in total. The molecule has 0 radical (unpaired) electrons. The SMILES string of the molecule is COc1ccc(C(C)O)c(OC2CCC(C)C(C)C2)c1. The molecule has 112 valence electrons. The first-order valence-electron chi connectivity index (χ1n) is 7.54. The number of benzene rings is 1. The summed E-state index contributed by atoms with van der Waals surface area (Å²) < 4.78 is 11.4. The maximum Gasteiger partial charge on any atom is 0.129 e. The normalized spacial score (nSPS) is 27.9. The molecular weight excluding hydrogens is 252 g/mol. The lowest BCUT2D eigenvalue weighted by atomic mass is 9.80. The van der Waals surface area contributed by atoms with Gasteiger partial charge in [-0.05, 0) is 50.2 Å². The van der Waals surface area contributed by atoms with Gasteiger partial charge in [-0.2, -0.15) is 0 Å². The van der Waals surface area contributed by atoms with E-state index in [1.54, 1.807) is 14.0 Å². The summed E-state index contributed by atoms with van der Waals surface area (Å²) in [5, 5.41) is 9.87. The number of methoxy groups -OCH3 is 1. The largest absolute Gasteiger partial charge is 0.497 e. The van der Waals surface area contributed by atoms with E-state index in [2.05, 4.69) is 13.8 Å². The predicted molar refractivity (Wildman–Crippen MR) is 80.2 cm³/mol. The number of ether oxygens (including phenoxy) is 2. The summed E-state index contributed by atoms with van der Waals surface area (Å²) in [7, 11) is 1.64. The van der Waals surface area contributed by atoms with Crippen molar-refractivity contribution in [2.24, 2.45) is 11.8 Å². The Morgan fingerprint density at radius 3 is 2.55 bits per heavy atom. The molecule has 4 atom stereocenters. The fourth-order valence-electron chi connectivity index (χ4n) is 2.87. The van der Waals surface area contributed by atoms with Crippen LogP contribution in [0.5, 0.6) is 11.5 Å². The first-order valence-corrected chi connectivity index (χ1v) is 7.54. The minimum Gasteiger partial charge on any atom is -0.497 e. The first kappa shape index (κ1) is 15.2. The topological polar surface area (TPSA) is 38.7 Å². The maximum absolute atomic E-state index is 9.87. The zero-order chi connectivity index (χ0) is 14.7. The molecule has 4 unspecified atom stereocenters. The molecule has 0 heterocycles. The Balaban J connectivity index is 2.15. The van der Waals surface area contributed by atoms with Crippen LogP contribution in [0.4, 0.5) is 0 Å². The fourth-order valence-corrected chi connectivity index (χ4v) is 2.87. The summed E-state index contributed by atoms with van der Waals surface area (Å²) in [6, 6.07) is 5.62. The predicted octanol–water partition coefficient (Wildman–Crippen LogP) is 3.95. The van der Waals surface area contributed by atoms with Crippen LogP contribution in [-0.4, -0.2) is 18.3 Å². The van der Waals surface area contributed by atoms with E-state index < -0.39 is 6.10 Å². The van der Waals surface area contributed by atoms with Gasteiger partial charge in [0, 0.05) is 11.6 Å². The van der Waals surface area contributed by atoms with E-state index in [1.807, 2.05) is 18.2 Å². The average Bonchev–Trinajstić information content (AvgIpc) is 2.42. The summed E-state index contributed by atoms with van der Waals surface area (Å²) in [4.78, 5) is 0. The number of aliphatic hydroxyl groups is 1. The van der Waals surface area contributed by atoms with Crippen molar-refractivity contribution in [3.8, 4) is 11.5 Å². The number of hydrogen-bond acceptors (Lipinski definition) is 3. The van der Waals surface area contributed by atoms with E-state index >= 15 is 0 Å². The van der Waals surface area contributed by atoms with Crippen molar-refractivity contribution in [1.29, 1.82) is 0 Å². The summed E-state index contributed by atoms with van der Waals surface area (Å²) in [5.41, 5.74) is 0.831. The molecule has 0 aliphatic heterocycles. The van der Waals surface area contributed by atoms with Crippen LogP contribution >= 0.6 is 0 Å². The van der Waals surface area contributed by atoms with Crippen molar-refractivity contribution in [2.75, 3.05) is 7.11 Å². The van der Waals surface area contributed by atoms with Crippen LogP contribution in [0.3, 0.4) is 0 Å².